The van der Waals surface area contributed by atoms with Crippen molar-refractivity contribution in [3.63, 3.8) is 0 Å². The van der Waals surface area contributed by atoms with Crippen LogP contribution >= 0.6 is 0 Å². The van der Waals surface area contributed by atoms with Crippen LogP contribution in [0, 0.1) is 16.7 Å². The second kappa shape index (κ2) is 1.99. The summed E-state index contributed by atoms with van der Waals surface area (Å²) in [7, 11) is 0. The molecule has 0 heterocycles. The fourth-order valence-electron chi connectivity index (χ4n) is 1.93. The normalized spacial score (nSPS) is 36.3. The second-order valence-corrected chi connectivity index (χ2v) is 5.05. The molecular weight excluding hydrogens is 120 g/mol. The third-order valence-corrected chi connectivity index (χ3v) is 4.18. The van der Waals surface area contributed by atoms with Gasteiger partial charge in [-0.2, -0.15) is 0 Å². The van der Waals surface area contributed by atoms with Gasteiger partial charge in [-0.25, -0.2) is 0 Å². The molecule has 0 bridgehead atoms. The van der Waals surface area contributed by atoms with Gasteiger partial charge in [0.25, 0.3) is 0 Å². The molecule has 0 aromatic rings. The van der Waals surface area contributed by atoms with Gasteiger partial charge in [-0.3, -0.25) is 0 Å². The fourth-order valence-corrected chi connectivity index (χ4v) is 1.93. The lowest BCUT2D eigenvalue weighted by molar-refractivity contribution is 0.116. The summed E-state index contributed by atoms with van der Waals surface area (Å²) in [6.07, 6.45) is 2.82. The maximum Gasteiger partial charge on any atom is -0.0277 e. The molecule has 0 aromatic heterocycles. The summed E-state index contributed by atoms with van der Waals surface area (Å²) in [6.45, 7) is 12.0. The first-order chi connectivity index (χ1) is 4.38. The van der Waals surface area contributed by atoms with E-state index in [2.05, 4.69) is 34.6 Å². The average Bonchev–Trinajstić information content (AvgIpc) is 1.94. The first-order valence-electron chi connectivity index (χ1n) is 4.38. The minimum absolute atomic E-state index is 0.549. The molecule has 0 nitrogen and oxygen atoms in total. The molecule has 0 aromatic carbocycles. The molecule has 0 radical (unpaired) electrons. The molecule has 0 saturated heterocycles. The molecule has 0 aliphatic heterocycles. The van der Waals surface area contributed by atoms with Crippen LogP contribution in [0.15, 0.2) is 0 Å². The summed E-state index contributed by atoms with van der Waals surface area (Å²) in [6, 6.07) is 0. The first kappa shape index (κ1) is 8.10. The predicted octanol–water partition coefficient (Wildman–Crippen LogP) is 3.47. The molecule has 1 saturated carbocycles. The van der Waals surface area contributed by atoms with E-state index in [4.69, 9.17) is 0 Å². The molecule has 1 fully saturated rings. The van der Waals surface area contributed by atoms with Crippen molar-refractivity contribution in [2.75, 3.05) is 0 Å². The van der Waals surface area contributed by atoms with E-state index in [1.165, 1.54) is 12.8 Å². The number of hydrogen-bond donors (Lipinski definition) is 0. The Morgan fingerprint density at radius 2 is 1.60 bits per heavy atom. The van der Waals surface area contributed by atoms with E-state index in [0.29, 0.717) is 10.8 Å². The Balaban J connectivity index is 2.84. The van der Waals surface area contributed by atoms with Gasteiger partial charge in [0.2, 0.25) is 0 Å². The Bertz CT molecular complexity index is 131. The standard InChI is InChI=1S/C10H20/c1-8-6-7-9(2,3)10(8,4)5/h8H,6-7H2,1-5H3/t8-/m0/s1. The van der Waals surface area contributed by atoms with Crippen LogP contribution in [-0.2, 0) is 0 Å². The maximum atomic E-state index is 2.41. The number of hydrogen-bond acceptors (Lipinski definition) is 0. The Morgan fingerprint density at radius 1 is 1.10 bits per heavy atom. The molecule has 1 aliphatic rings. The molecule has 10 heavy (non-hydrogen) atoms. The van der Waals surface area contributed by atoms with Crippen molar-refractivity contribution in [3.05, 3.63) is 0 Å². The molecule has 1 aliphatic carbocycles. The summed E-state index contributed by atoms with van der Waals surface area (Å²) in [5.74, 6) is 0.905. The van der Waals surface area contributed by atoms with Crippen LogP contribution in [0.3, 0.4) is 0 Å². The van der Waals surface area contributed by atoms with Crippen LogP contribution in [0.5, 0.6) is 0 Å². The highest BCUT2D eigenvalue weighted by Gasteiger charge is 2.45. The van der Waals surface area contributed by atoms with Crippen LogP contribution in [0.2, 0.25) is 0 Å². The van der Waals surface area contributed by atoms with Gasteiger partial charge in [0.1, 0.15) is 0 Å². The largest absolute Gasteiger partial charge is 0.0620 e. The molecule has 1 atom stereocenters. The summed E-state index contributed by atoms with van der Waals surface area (Å²) >= 11 is 0. The second-order valence-electron chi connectivity index (χ2n) is 5.05. The Kier molecular flexibility index (Phi) is 1.61. The lowest BCUT2D eigenvalue weighted by atomic mass is 9.67. The highest BCUT2D eigenvalue weighted by atomic mass is 14.5. The van der Waals surface area contributed by atoms with E-state index >= 15 is 0 Å². The number of rotatable bonds is 0. The predicted molar refractivity (Wildman–Crippen MR) is 46.0 cm³/mol. The molecule has 0 spiro atoms. The monoisotopic (exact) mass is 140 g/mol. The van der Waals surface area contributed by atoms with E-state index in [9.17, 15) is 0 Å². The van der Waals surface area contributed by atoms with Gasteiger partial charge in [0, 0.05) is 0 Å². The maximum absolute atomic E-state index is 2.41. The SMILES string of the molecule is C[C@H]1CCC(C)(C)C1(C)C. The minimum Gasteiger partial charge on any atom is -0.0620 e. The molecular formula is C10H20. The van der Waals surface area contributed by atoms with Crippen LogP contribution in [0.1, 0.15) is 47.5 Å². The van der Waals surface area contributed by atoms with Crippen molar-refractivity contribution < 1.29 is 0 Å². The van der Waals surface area contributed by atoms with Gasteiger partial charge in [-0.05, 0) is 29.6 Å². The van der Waals surface area contributed by atoms with Crippen molar-refractivity contribution >= 4 is 0 Å². The molecule has 0 amide bonds. The van der Waals surface area contributed by atoms with E-state index < -0.39 is 0 Å². The third-order valence-electron chi connectivity index (χ3n) is 4.18. The van der Waals surface area contributed by atoms with Crippen LogP contribution in [-0.4, -0.2) is 0 Å². The van der Waals surface area contributed by atoms with Crippen molar-refractivity contribution in [2.24, 2.45) is 16.7 Å². The molecule has 0 unspecified atom stereocenters. The highest BCUT2D eigenvalue weighted by Crippen LogP contribution is 2.55. The van der Waals surface area contributed by atoms with Gasteiger partial charge >= 0.3 is 0 Å². The van der Waals surface area contributed by atoms with E-state index in [1.54, 1.807) is 0 Å². The zero-order chi connectivity index (χ0) is 7.99. The van der Waals surface area contributed by atoms with E-state index in [-0.39, 0.29) is 0 Å². The van der Waals surface area contributed by atoms with Gasteiger partial charge in [0.05, 0.1) is 0 Å². The van der Waals surface area contributed by atoms with E-state index in [1.807, 2.05) is 0 Å². The average molecular weight is 140 g/mol. The van der Waals surface area contributed by atoms with Crippen molar-refractivity contribution in [2.45, 2.75) is 47.5 Å². The smallest absolute Gasteiger partial charge is 0.0277 e. The van der Waals surface area contributed by atoms with Crippen LogP contribution < -0.4 is 0 Å². The zero-order valence-electron chi connectivity index (χ0n) is 7.99. The van der Waals surface area contributed by atoms with E-state index in [0.717, 1.165) is 5.92 Å². The Morgan fingerprint density at radius 3 is 1.70 bits per heavy atom. The van der Waals surface area contributed by atoms with Crippen molar-refractivity contribution in [1.82, 2.24) is 0 Å². The lowest BCUT2D eigenvalue weighted by Gasteiger charge is -2.37. The van der Waals surface area contributed by atoms with Crippen molar-refractivity contribution in [1.29, 1.82) is 0 Å². The van der Waals surface area contributed by atoms with Crippen molar-refractivity contribution in [3.8, 4) is 0 Å². The Hall–Kier alpha value is 0. The quantitative estimate of drug-likeness (QED) is 0.483. The first-order valence-corrected chi connectivity index (χ1v) is 4.38. The van der Waals surface area contributed by atoms with Gasteiger partial charge in [0.15, 0.2) is 0 Å². The van der Waals surface area contributed by atoms with Gasteiger partial charge in [-0.15, -0.1) is 0 Å². The lowest BCUT2D eigenvalue weighted by Crippen LogP contribution is -2.30. The third kappa shape index (κ3) is 0.889. The highest BCUT2D eigenvalue weighted by molar-refractivity contribution is 4.95. The molecule has 0 heteroatoms. The summed E-state index contributed by atoms with van der Waals surface area (Å²) < 4.78 is 0. The minimum atomic E-state index is 0.549. The molecule has 60 valence electrons. The van der Waals surface area contributed by atoms with Crippen LogP contribution in [0.25, 0.3) is 0 Å². The molecule has 1 rings (SSSR count). The topological polar surface area (TPSA) is 0 Å². The van der Waals surface area contributed by atoms with Crippen LogP contribution in [0.4, 0.5) is 0 Å². The fraction of sp³-hybridized carbons (Fsp3) is 1.00. The summed E-state index contributed by atoms with van der Waals surface area (Å²) in [5.41, 5.74) is 1.11. The molecule has 0 N–H and O–H groups in total. The Labute approximate surface area is 65.0 Å². The van der Waals surface area contributed by atoms with Gasteiger partial charge < -0.3 is 0 Å². The summed E-state index contributed by atoms with van der Waals surface area (Å²) in [5, 5.41) is 0. The zero-order valence-corrected chi connectivity index (χ0v) is 7.99. The van der Waals surface area contributed by atoms with Gasteiger partial charge in [-0.1, -0.05) is 34.6 Å². The summed E-state index contributed by atoms with van der Waals surface area (Å²) in [4.78, 5) is 0.